The maximum absolute atomic E-state index is 12.3. The number of hydrogen-bond donors (Lipinski definition) is 0. The van der Waals surface area contributed by atoms with E-state index in [-0.39, 0.29) is 6.61 Å². The predicted molar refractivity (Wildman–Crippen MR) is 66.8 cm³/mol. The second kappa shape index (κ2) is 6.36. The predicted octanol–water partition coefficient (Wildman–Crippen LogP) is 3.81. The molecule has 0 unspecified atom stereocenters. The lowest BCUT2D eigenvalue weighted by Crippen LogP contribution is -2.07. The van der Waals surface area contributed by atoms with E-state index in [9.17, 15) is 13.2 Å². The fraction of sp³-hybridized carbons (Fsp3) is 0.385. The van der Waals surface area contributed by atoms with E-state index in [4.69, 9.17) is 4.84 Å². The molecule has 0 aliphatic carbocycles. The van der Waals surface area contributed by atoms with Gasteiger partial charge in [-0.3, -0.25) is 4.98 Å². The van der Waals surface area contributed by atoms with Crippen LogP contribution in [0, 0.1) is 0 Å². The van der Waals surface area contributed by atoms with Gasteiger partial charge in [-0.1, -0.05) is 18.7 Å². The van der Waals surface area contributed by atoms with Gasteiger partial charge in [0.05, 0.1) is 11.3 Å². The minimum atomic E-state index is -4.38. The minimum absolute atomic E-state index is 0.286. The second-order valence-electron chi connectivity index (χ2n) is 3.98. The SMILES string of the molecule is C=C(CC)CO/N=C(\C)c1ccc(C(F)(F)F)cn1. The van der Waals surface area contributed by atoms with E-state index in [0.717, 1.165) is 24.3 Å². The van der Waals surface area contributed by atoms with Crippen LogP contribution in [0.4, 0.5) is 13.2 Å². The molecule has 0 saturated carbocycles. The highest BCUT2D eigenvalue weighted by Crippen LogP contribution is 2.28. The Kier molecular flexibility index (Phi) is 5.09. The Morgan fingerprint density at radius 1 is 1.42 bits per heavy atom. The van der Waals surface area contributed by atoms with Crippen molar-refractivity contribution < 1.29 is 18.0 Å². The number of nitrogens with zero attached hydrogens (tertiary/aromatic N) is 2. The van der Waals surface area contributed by atoms with Gasteiger partial charge in [0.1, 0.15) is 12.3 Å². The Hall–Kier alpha value is -1.85. The molecule has 0 aliphatic rings. The minimum Gasteiger partial charge on any atom is -0.391 e. The quantitative estimate of drug-likeness (QED) is 0.464. The lowest BCUT2D eigenvalue weighted by molar-refractivity contribution is -0.137. The summed E-state index contributed by atoms with van der Waals surface area (Å²) in [5, 5.41) is 3.79. The number of hydrogen-bond acceptors (Lipinski definition) is 3. The van der Waals surface area contributed by atoms with Gasteiger partial charge in [-0.15, -0.1) is 0 Å². The molecule has 1 rings (SSSR count). The Balaban J connectivity index is 2.70. The summed E-state index contributed by atoms with van der Waals surface area (Å²) < 4.78 is 37.0. The van der Waals surface area contributed by atoms with Crippen LogP contribution in [-0.2, 0) is 11.0 Å². The largest absolute Gasteiger partial charge is 0.417 e. The molecular formula is C13H15F3N2O. The van der Waals surface area contributed by atoms with E-state index >= 15 is 0 Å². The number of halogens is 3. The van der Waals surface area contributed by atoms with Crippen LogP contribution in [0.3, 0.4) is 0 Å². The van der Waals surface area contributed by atoms with Crippen molar-refractivity contribution in [1.82, 2.24) is 4.98 Å². The van der Waals surface area contributed by atoms with Gasteiger partial charge in [0.2, 0.25) is 0 Å². The number of alkyl halides is 3. The van der Waals surface area contributed by atoms with Crippen LogP contribution in [0.1, 0.15) is 31.5 Å². The van der Waals surface area contributed by atoms with Crippen LogP contribution in [0.15, 0.2) is 35.6 Å². The molecule has 0 radical (unpaired) electrons. The highest BCUT2D eigenvalue weighted by atomic mass is 19.4. The van der Waals surface area contributed by atoms with E-state index in [1.807, 2.05) is 6.92 Å². The Morgan fingerprint density at radius 2 is 2.11 bits per heavy atom. The molecule has 19 heavy (non-hydrogen) atoms. The first-order valence-corrected chi connectivity index (χ1v) is 5.71. The summed E-state index contributed by atoms with van der Waals surface area (Å²) in [5.41, 5.74) is 0.856. The summed E-state index contributed by atoms with van der Waals surface area (Å²) in [4.78, 5) is 8.74. The van der Waals surface area contributed by atoms with E-state index in [1.165, 1.54) is 6.07 Å². The van der Waals surface area contributed by atoms with Crippen molar-refractivity contribution in [3.05, 3.63) is 41.7 Å². The molecule has 6 heteroatoms. The van der Waals surface area contributed by atoms with Crippen LogP contribution in [0.25, 0.3) is 0 Å². The summed E-state index contributed by atoms with van der Waals surface area (Å²) in [5.74, 6) is 0. The molecule has 0 N–H and O–H groups in total. The van der Waals surface area contributed by atoms with Crippen molar-refractivity contribution >= 4 is 5.71 Å². The van der Waals surface area contributed by atoms with Crippen LogP contribution >= 0.6 is 0 Å². The maximum Gasteiger partial charge on any atom is 0.417 e. The van der Waals surface area contributed by atoms with Gasteiger partial charge < -0.3 is 4.84 Å². The van der Waals surface area contributed by atoms with Crippen molar-refractivity contribution in [2.45, 2.75) is 26.4 Å². The van der Waals surface area contributed by atoms with E-state index < -0.39 is 11.7 Å². The van der Waals surface area contributed by atoms with Crippen LogP contribution in [-0.4, -0.2) is 17.3 Å². The fourth-order valence-corrected chi connectivity index (χ4v) is 1.14. The lowest BCUT2D eigenvalue weighted by atomic mass is 10.2. The Labute approximate surface area is 109 Å². The zero-order chi connectivity index (χ0) is 14.5. The number of aromatic nitrogens is 1. The van der Waals surface area contributed by atoms with Gasteiger partial charge in [-0.25, -0.2) is 0 Å². The lowest BCUT2D eigenvalue weighted by Gasteiger charge is -2.07. The third-order valence-corrected chi connectivity index (χ3v) is 2.43. The van der Waals surface area contributed by atoms with E-state index in [0.29, 0.717) is 11.4 Å². The van der Waals surface area contributed by atoms with Crippen LogP contribution in [0.5, 0.6) is 0 Å². The first-order chi connectivity index (χ1) is 8.84. The van der Waals surface area contributed by atoms with Crippen molar-refractivity contribution in [2.75, 3.05) is 6.61 Å². The van der Waals surface area contributed by atoms with Crippen molar-refractivity contribution in [1.29, 1.82) is 0 Å². The molecule has 0 aromatic carbocycles. The molecule has 0 fully saturated rings. The average Bonchev–Trinajstić information content (AvgIpc) is 2.37. The fourth-order valence-electron chi connectivity index (χ4n) is 1.14. The molecule has 104 valence electrons. The standard InChI is InChI=1S/C13H15F3N2O/c1-4-9(2)8-19-18-10(3)12-6-5-11(7-17-12)13(14,15)16/h5-7H,2,4,8H2,1,3H3/b18-10+. The van der Waals surface area contributed by atoms with Gasteiger partial charge in [-0.2, -0.15) is 13.2 Å². The average molecular weight is 272 g/mol. The summed E-state index contributed by atoms with van der Waals surface area (Å²) in [7, 11) is 0. The Bertz CT molecular complexity index is 464. The molecule has 1 aromatic heterocycles. The zero-order valence-corrected chi connectivity index (χ0v) is 10.8. The van der Waals surface area contributed by atoms with Crippen LogP contribution in [0.2, 0.25) is 0 Å². The maximum atomic E-state index is 12.3. The normalized spacial score (nSPS) is 12.4. The summed E-state index contributed by atoms with van der Waals surface area (Å²) in [6, 6.07) is 2.23. The highest BCUT2D eigenvalue weighted by molar-refractivity contribution is 5.96. The number of rotatable bonds is 5. The van der Waals surface area contributed by atoms with Gasteiger partial charge in [0, 0.05) is 6.20 Å². The molecule has 0 spiro atoms. The van der Waals surface area contributed by atoms with Crippen molar-refractivity contribution in [2.24, 2.45) is 5.16 Å². The first kappa shape index (κ1) is 15.2. The molecule has 1 heterocycles. The molecule has 0 bridgehead atoms. The number of pyridine rings is 1. The monoisotopic (exact) mass is 272 g/mol. The smallest absolute Gasteiger partial charge is 0.391 e. The van der Waals surface area contributed by atoms with Gasteiger partial charge in [0.25, 0.3) is 0 Å². The van der Waals surface area contributed by atoms with Gasteiger partial charge in [0.15, 0.2) is 0 Å². The molecule has 3 nitrogen and oxygen atoms in total. The molecule has 0 atom stereocenters. The number of oxime groups is 1. The third-order valence-electron chi connectivity index (χ3n) is 2.43. The molecule has 1 aromatic rings. The zero-order valence-electron chi connectivity index (χ0n) is 10.8. The van der Waals surface area contributed by atoms with Gasteiger partial charge >= 0.3 is 6.18 Å². The van der Waals surface area contributed by atoms with Crippen molar-refractivity contribution in [3.8, 4) is 0 Å². The summed E-state index contributed by atoms with van der Waals surface area (Å²) in [6.45, 7) is 7.59. The van der Waals surface area contributed by atoms with E-state index in [2.05, 4.69) is 16.7 Å². The molecule has 0 amide bonds. The first-order valence-electron chi connectivity index (χ1n) is 5.71. The topological polar surface area (TPSA) is 34.5 Å². The third kappa shape index (κ3) is 4.73. The van der Waals surface area contributed by atoms with E-state index in [1.54, 1.807) is 6.92 Å². The highest BCUT2D eigenvalue weighted by Gasteiger charge is 2.30. The summed E-state index contributed by atoms with van der Waals surface area (Å²) in [6.07, 6.45) is -2.82. The molecule has 0 saturated heterocycles. The molecular weight excluding hydrogens is 257 g/mol. The summed E-state index contributed by atoms with van der Waals surface area (Å²) >= 11 is 0. The molecule has 0 aliphatic heterocycles. The van der Waals surface area contributed by atoms with Crippen LogP contribution < -0.4 is 0 Å². The van der Waals surface area contributed by atoms with Crippen molar-refractivity contribution in [3.63, 3.8) is 0 Å². The Morgan fingerprint density at radius 3 is 2.58 bits per heavy atom. The van der Waals surface area contributed by atoms with Gasteiger partial charge in [-0.05, 0) is 31.1 Å². The second-order valence-corrected chi connectivity index (χ2v) is 3.98.